The van der Waals surface area contributed by atoms with Crippen LogP contribution in [-0.4, -0.2) is 21.5 Å². The summed E-state index contributed by atoms with van der Waals surface area (Å²) in [6.07, 6.45) is 3.79. The summed E-state index contributed by atoms with van der Waals surface area (Å²) >= 11 is 0. The lowest BCUT2D eigenvalue weighted by Gasteiger charge is -2.44. The Labute approximate surface area is 159 Å². The maximum atomic E-state index is 7.07. The Morgan fingerprint density at radius 2 is 1.38 bits per heavy atom. The summed E-state index contributed by atoms with van der Waals surface area (Å²) < 4.78 is 7.07. The summed E-state index contributed by atoms with van der Waals surface area (Å²) in [6.45, 7) is 8.64. The SMILES string of the molecule is CC(C)(C)[Si](OCC1CCCC1CN)(c1ccccc1)c1ccccc1. The lowest BCUT2D eigenvalue weighted by atomic mass is 9.97. The standard InChI is InChI=1S/C23H33NOSi/c1-23(2,3)26(21-13-6-4-7-14-21,22-15-8-5-9-16-22)25-18-20-12-10-11-19(20)17-24/h4-9,13-16,19-20H,10-12,17-18,24H2,1-3H3. The average molecular weight is 368 g/mol. The van der Waals surface area contributed by atoms with Crippen LogP contribution in [0.2, 0.25) is 5.04 Å². The summed E-state index contributed by atoms with van der Waals surface area (Å²) in [5, 5.41) is 2.77. The van der Waals surface area contributed by atoms with Crippen LogP contribution in [0.4, 0.5) is 0 Å². The molecule has 2 atom stereocenters. The molecule has 0 radical (unpaired) electrons. The number of hydrogen-bond acceptors (Lipinski definition) is 2. The minimum atomic E-state index is -2.40. The maximum absolute atomic E-state index is 7.07. The molecule has 2 nitrogen and oxygen atoms in total. The van der Waals surface area contributed by atoms with Crippen LogP contribution in [0.1, 0.15) is 40.0 Å². The first kappa shape index (κ1) is 19.3. The van der Waals surface area contributed by atoms with Gasteiger partial charge in [-0.15, -0.1) is 0 Å². The fraction of sp³-hybridized carbons (Fsp3) is 0.478. The zero-order valence-corrected chi connectivity index (χ0v) is 17.4. The van der Waals surface area contributed by atoms with E-state index in [0.29, 0.717) is 11.8 Å². The Kier molecular flexibility index (Phi) is 6.01. The minimum Gasteiger partial charge on any atom is -0.407 e. The molecule has 2 aromatic rings. The lowest BCUT2D eigenvalue weighted by molar-refractivity contribution is 0.205. The van der Waals surface area contributed by atoms with Crippen molar-refractivity contribution in [2.45, 2.75) is 45.1 Å². The van der Waals surface area contributed by atoms with Gasteiger partial charge in [0.2, 0.25) is 0 Å². The van der Waals surface area contributed by atoms with Gasteiger partial charge in [0.05, 0.1) is 0 Å². The zero-order valence-electron chi connectivity index (χ0n) is 16.4. The van der Waals surface area contributed by atoms with Crippen LogP contribution in [0, 0.1) is 11.8 Å². The first-order valence-corrected chi connectivity index (χ1v) is 11.8. The van der Waals surface area contributed by atoms with Crippen molar-refractivity contribution in [3.63, 3.8) is 0 Å². The highest BCUT2D eigenvalue weighted by molar-refractivity contribution is 6.99. The molecule has 2 unspecified atom stereocenters. The minimum absolute atomic E-state index is 0.0481. The van der Waals surface area contributed by atoms with Crippen molar-refractivity contribution in [3.8, 4) is 0 Å². The molecule has 0 bridgehead atoms. The first-order chi connectivity index (χ1) is 12.5. The third-order valence-electron chi connectivity index (χ3n) is 6.05. The third-order valence-corrected chi connectivity index (χ3v) is 11.1. The van der Waals surface area contributed by atoms with E-state index in [-0.39, 0.29) is 5.04 Å². The predicted octanol–water partition coefficient (Wildman–Crippen LogP) is 3.94. The van der Waals surface area contributed by atoms with Gasteiger partial charge < -0.3 is 10.2 Å². The molecule has 140 valence electrons. The summed E-state index contributed by atoms with van der Waals surface area (Å²) in [7, 11) is -2.40. The average Bonchev–Trinajstić information content (AvgIpc) is 3.10. The highest BCUT2D eigenvalue weighted by Gasteiger charge is 2.50. The normalized spacial score (nSPS) is 21.1. The fourth-order valence-corrected chi connectivity index (χ4v) is 9.26. The lowest BCUT2D eigenvalue weighted by Crippen LogP contribution is -2.67. The zero-order chi connectivity index (χ0) is 18.6. The van der Waals surface area contributed by atoms with E-state index >= 15 is 0 Å². The molecule has 1 aliphatic rings. The molecule has 0 amide bonds. The fourth-order valence-electron chi connectivity index (χ4n) is 4.64. The van der Waals surface area contributed by atoms with E-state index in [1.807, 2.05) is 0 Å². The first-order valence-electron chi connectivity index (χ1n) is 9.94. The van der Waals surface area contributed by atoms with Crippen molar-refractivity contribution >= 4 is 18.7 Å². The van der Waals surface area contributed by atoms with Gasteiger partial charge in [0.15, 0.2) is 0 Å². The van der Waals surface area contributed by atoms with Crippen molar-refractivity contribution in [2.24, 2.45) is 17.6 Å². The quantitative estimate of drug-likeness (QED) is 0.785. The van der Waals surface area contributed by atoms with Gasteiger partial charge in [-0.05, 0) is 46.6 Å². The number of benzene rings is 2. The van der Waals surface area contributed by atoms with Crippen molar-refractivity contribution in [2.75, 3.05) is 13.2 Å². The van der Waals surface area contributed by atoms with Crippen molar-refractivity contribution in [3.05, 3.63) is 60.7 Å². The van der Waals surface area contributed by atoms with Crippen molar-refractivity contribution < 1.29 is 4.43 Å². The smallest absolute Gasteiger partial charge is 0.261 e. The molecular formula is C23H33NOSi. The Morgan fingerprint density at radius 3 is 1.85 bits per heavy atom. The molecule has 0 aromatic heterocycles. The van der Waals surface area contributed by atoms with Crippen LogP contribution < -0.4 is 16.1 Å². The summed E-state index contributed by atoms with van der Waals surface area (Å²) in [6, 6.07) is 21.8. The third kappa shape index (κ3) is 3.66. The van der Waals surface area contributed by atoms with Gasteiger partial charge in [-0.3, -0.25) is 0 Å². The summed E-state index contributed by atoms with van der Waals surface area (Å²) in [4.78, 5) is 0. The Hall–Kier alpha value is -1.42. The van der Waals surface area contributed by atoms with Crippen LogP contribution in [0.5, 0.6) is 0 Å². The molecular weight excluding hydrogens is 334 g/mol. The molecule has 1 aliphatic carbocycles. The van der Waals surface area contributed by atoms with E-state index in [1.165, 1.54) is 29.6 Å². The molecule has 3 rings (SSSR count). The largest absolute Gasteiger partial charge is 0.407 e. The van der Waals surface area contributed by atoms with E-state index in [9.17, 15) is 0 Å². The van der Waals surface area contributed by atoms with Gasteiger partial charge in [0, 0.05) is 6.61 Å². The number of hydrogen-bond donors (Lipinski definition) is 1. The molecule has 0 heterocycles. The molecule has 0 aliphatic heterocycles. The van der Waals surface area contributed by atoms with E-state index in [0.717, 1.165) is 13.2 Å². The van der Waals surface area contributed by atoms with Crippen LogP contribution >= 0.6 is 0 Å². The van der Waals surface area contributed by atoms with E-state index < -0.39 is 8.32 Å². The molecule has 0 saturated heterocycles. The molecule has 2 N–H and O–H groups in total. The summed E-state index contributed by atoms with van der Waals surface area (Å²) in [5.74, 6) is 1.22. The topological polar surface area (TPSA) is 35.2 Å². The van der Waals surface area contributed by atoms with Gasteiger partial charge >= 0.3 is 0 Å². The molecule has 0 spiro atoms. The monoisotopic (exact) mass is 367 g/mol. The second-order valence-corrected chi connectivity index (χ2v) is 13.0. The van der Waals surface area contributed by atoms with Crippen LogP contribution in [-0.2, 0) is 4.43 Å². The molecule has 1 fully saturated rings. The Bertz CT molecular complexity index is 641. The van der Waals surface area contributed by atoms with Crippen molar-refractivity contribution in [1.29, 1.82) is 0 Å². The Morgan fingerprint density at radius 1 is 0.885 bits per heavy atom. The highest BCUT2D eigenvalue weighted by atomic mass is 28.4. The van der Waals surface area contributed by atoms with E-state index in [2.05, 4.69) is 81.4 Å². The number of nitrogens with two attached hydrogens (primary N) is 1. The van der Waals surface area contributed by atoms with Gasteiger partial charge in [-0.2, -0.15) is 0 Å². The van der Waals surface area contributed by atoms with Crippen molar-refractivity contribution in [1.82, 2.24) is 0 Å². The van der Waals surface area contributed by atoms with Crippen LogP contribution in [0.3, 0.4) is 0 Å². The maximum Gasteiger partial charge on any atom is 0.261 e. The van der Waals surface area contributed by atoms with Crippen LogP contribution in [0.15, 0.2) is 60.7 Å². The second kappa shape index (κ2) is 8.08. The van der Waals surface area contributed by atoms with E-state index in [1.54, 1.807) is 0 Å². The van der Waals surface area contributed by atoms with Crippen LogP contribution in [0.25, 0.3) is 0 Å². The molecule has 26 heavy (non-hydrogen) atoms. The van der Waals surface area contributed by atoms with E-state index in [4.69, 9.17) is 10.2 Å². The van der Waals surface area contributed by atoms with Gasteiger partial charge in [-0.25, -0.2) is 0 Å². The molecule has 1 saturated carbocycles. The summed E-state index contributed by atoms with van der Waals surface area (Å²) in [5.41, 5.74) is 6.03. The molecule has 2 aromatic carbocycles. The van der Waals surface area contributed by atoms with Gasteiger partial charge in [0.25, 0.3) is 8.32 Å². The molecule has 3 heteroatoms. The van der Waals surface area contributed by atoms with Gasteiger partial charge in [0.1, 0.15) is 0 Å². The van der Waals surface area contributed by atoms with Gasteiger partial charge in [-0.1, -0.05) is 87.9 Å². The Balaban J connectivity index is 2.03. The predicted molar refractivity (Wildman–Crippen MR) is 113 cm³/mol. The second-order valence-electron chi connectivity index (χ2n) is 8.66. The highest BCUT2D eigenvalue weighted by Crippen LogP contribution is 2.39. The number of rotatable bonds is 6.